The van der Waals surface area contributed by atoms with Gasteiger partial charge < -0.3 is 10.6 Å². The van der Waals surface area contributed by atoms with Gasteiger partial charge in [0.2, 0.25) is 5.91 Å². The predicted octanol–water partition coefficient (Wildman–Crippen LogP) is 3.59. The van der Waals surface area contributed by atoms with Gasteiger partial charge in [0, 0.05) is 18.0 Å². The number of halogens is 2. The first-order valence-electron chi connectivity index (χ1n) is 7.96. The molecule has 0 spiro atoms. The van der Waals surface area contributed by atoms with Crippen molar-refractivity contribution in [3.8, 4) is 0 Å². The van der Waals surface area contributed by atoms with E-state index < -0.39 is 0 Å². The summed E-state index contributed by atoms with van der Waals surface area (Å²) in [4.78, 5) is 11.8. The molecule has 1 fully saturated rings. The van der Waals surface area contributed by atoms with E-state index in [0.717, 1.165) is 49.8 Å². The number of benzene rings is 1. The number of aryl methyl sites for hydroxylation is 1. The van der Waals surface area contributed by atoms with Gasteiger partial charge in [-0.25, -0.2) is 0 Å². The molecule has 0 unspecified atom stereocenters. The summed E-state index contributed by atoms with van der Waals surface area (Å²) in [5.41, 5.74) is 1.27. The van der Waals surface area contributed by atoms with Gasteiger partial charge in [-0.2, -0.15) is 0 Å². The molecule has 22 heavy (non-hydrogen) atoms. The number of nitrogens with one attached hydrogen (secondary N) is 2. The van der Waals surface area contributed by atoms with Crippen molar-refractivity contribution in [2.75, 3.05) is 19.6 Å². The van der Waals surface area contributed by atoms with E-state index in [1.165, 1.54) is 18.4 Å². The van der Waals surface area contributed by atoms with E-state index in [0.29, 0.717) is 6.42 Å². The topological polar surface area (TPSA) is 41.1 Å². The normalized spacial score (nSPS) is 15.1. The maximum absolute atomic E-state index is 11.8. The van der Waals surface area contributed by atoms with Gasteiger partial charge in [-0.15, -0.1) is 12.4 Å². The lowest BCUT2D eigenvalue weighted by Crippen LogP contribution is -2.29. The third kappa shape index (κ3) is 7.48. The fourth-order valence-corrected chi connectivity index (χ4v) is 2.89. The SMILES string of the molecule is Cl.O=C(CCC1CCNCC1)NCCCc1ccc(Cl)cc1. The molecular formula is C17H26Cl2N2O. The van der Waals surface area contributed by atoms with Crippen molar-refractivity contribution in [2.24, 2.45) is 5.92 Å². The molecule has 0 atom stereocenters. The van der Waals surface area contributed by atoms with Crippen LogP contribution in [0.4, 0.5) is 0 Å². The van der Waals surface area contributed by atoms with Crippen LogP contribution in [-0.4, -0.2) is 25.5 Å². The zero-order valence-electron chi connectivity index (χ0n) is 12.9. The second-order valence-corrected chi connectivity index (χ2v) is 6.25. The highest BCUT2D eigenvalue weighted by atomic mass is 35.5. The fraction of sp³-hybridized carbons (Fsp3) is 0.588. The lowest BCUT2D eigenvalue weighted by Gasteiger charge is -2.22. The van der Waals surface area contributed by atoms with Gasteiger partial charge in [0.1, 0.15) is 0 Å². The Balaban J connectivity index is 0.00000242. The molecule has 5 heteroatoms. The van der Waals surface area contributed by atoms with Crippen LogP contribution in [0.3, 0.4) is 0 Å². The number of carbonyl (C=O) groups excluding carboxylic acids is 1. The molecule has 0 aliphatic carbocycles. The Morgan fingerprint density at radius 3 is 2.59 bits per heavy atom. The van der Waals surface area contributed by atoms with Crippen molar-refractivity contribution in [1.29, 1.82) is 0 Å². The molecule has 1 amide bonds. The summed E-state index contributed by atoms with van der Waals surface area (Å²) in [6.45, 7) is 2.97. The fourth-order valence-electron chi connectivity index (χ4n) is 2.77. The standard InChI is InChI=1S/C17H25ClN2O.ClH/c18-16-6-3-14(4-7-16)2-1-11-20-17(21)8-5-15-9-12-19-13-10-15;/h3-4,6-7,15,19H,1-2,5,8-13H2,(H,20,21);1H. The van der Waals surface area contributed by atoms with Crippen molar-refractivity contribution in [2.45, 2.75) is 38.5 Å². The molecule has 1 aliphatic rings. The van der Waals surface area contributed by atoms with Crippen LogP contribution in [0.2, 0.25) is 5.02 Å². The Labute approximate surface area is 144 Å². The second-order valence-electron chi connectivity index (χ2n) is 5.81. The van der Waals surface area contributed by atoms with E-state index in [9.17, 15) is 4.79 Å². The minimum absolute atomic E-state index is 0. The van der Waals surface area contributed by atoms with Gasteiger partial charge in [0.05, 0.1) is 0 Å². The van der Waals surface area contributed by atoms with Gasteiger partial charge in [-0.1, -0.05) is 23.7 Å². The molecule has 3 nitrogen and oxygen atoms in total. The number of amides is 1. The highest BCUT2D eigenvalue weighted by Gasteiger charge is 2.14. The predicted molar refractivity (Wildman–Crippen MR) is 94.9 cm³/mol. The van der Waals surface area contributed by atoms with Crippen molar-refractivity contribution in [1.82, 2.24) is 10.6 Å². The molecule has 1 aromatic rings. The van der Waals surface area contributed by atoms with Gasteiger partial charge in [-0.05, 0) is 68.8 Å². The van der Waals surface area contributed by atoms with Crippen molar-refractivity contribution in [3.63, 3.8) is 0 Å². The minimum Gasteiger partial charge on any atom is -0.356 e. The minimum atomic E-state index is 0. The molecule has 1 aliphatic heterocycles. The van der Waals surface area contributed by atoms with Gasteiger partial charge in [-0.3, -0.25) is 4.79 Å². The maximum Gasteiger partial charge on any atom is 0.220 e. The van der Waals surface area contributed by atoms with Crippen LogP contribution >= 0.6 is 24.0 Å². The van der Waals surface area contributed by atoms with E-state index in [4.69, 9.17) is 11.6 Å². The quantitative estimate of drug-likeness (QED) is 0.742. The third-order valence-electron chi connectivity index (χ3n) is 4.12. The van der Waals surface area contributed by atoms with Crippen molar-refractivity contribution < 1.29 is 4.79 Å². The number of carbonyl (C=O) groups is 1. The Morgan fingerprint density at radius 2 is 1.91 bits per heavy atom. The number of rotatable bonds is 7. The summed E-state index contributed by atoms with van der Waals surface area (Å²) in [6.07, 6.45) is 6.08. The van der Waals surface area contributed by atoms with E-state index in [2.05, 4.69) is 10.6 Å². The van der Waals surface area contributed by atoms with Gasteiger partial charge in [0.25, 0.3) is 0 Å². The molecule has 1 aromatic carbocycles. The molecule has 0 aromatic heterocycles. The zero-order valence-corrected chi connectivity index (χ0v) is 14.5. The van der Waals surface area contributed by atoms with Crippen LogP contribution in [0.5, 0.6) is 0 Å². The second kappa shape index (κ2) is 10.9. The Hall–Kier alpha value is -0.770. The monoisotopic (exact) mass is 344 g/mol. The van der Waals surface area contributed by atoms with Crippen LogP contribution in [-0.2, 0) is 11.2 Å². The average Bonchev–Trinajstić information content (AvgIpc) is 2.52. The van der Waals surface area contributed by atoms with Gasteiger partial charge in [0.15, 0.2) is 0 Å². The molecule has 124 valence electrons. The van der Waals surface area contributed by atoms with Crippen LogP contribution in [0.15, 0.2) is 24.3 Å². The molecule has 1 saturated heterocycles. The number of piperidine rings is 1. The van der Waals surface area contributed by atoms with Crippen molar-refractivity contribution >= 4 is 29.9 Å². The molecule has 2 N–H and O–H groups in total. The largest absolute Gasteiger partial charge is 0.356 e. The first-order valence-corrected chi connectivity index (χ1v) is 8.33. The van der Waals surface area contributed by atoms with Crippen LogP contribution in [0.25, 0.3) is 0 Å². The van der Waals surface area contributed by atoms with E-state index >= 15 is 0 Å². The van der Waals surface area contributed by atoms with Crippen molar-refractivity contribution in [3.05, 3.63) is 34.9 Å². The first kappa shape index (κ1) is 19.3. The molecular weight excluding hydrogens is 319 g/mol. The Kier molecular flexibility index (Phi) is 9.53. The molecule has 0 bridgehead atoms. The smallest absolute Gasteiger partial charge is 0.220 e. The summed E-state index contributed by atoms with van der Waals surface area (Å²) < 4.78 is 0. The Morgan fingerprint density at radius 1 is 1.23 bits per heavy atom. The van der Waals surface area contributed by atoms with E-state index in [1.807, 2.05) is 24.3 Å². The summed E-state index contributed by atoms with van der Waals surface area (Å²) >= 11 is 5.85. The summed E-state index contributed by atoms with van der Waals surface area (Å²) in [6, 6.07) is 7.91. The van der Waals surface area contributed by atoms with E-state index in [-0.39, 0.29) is 18.3 Å². The van der Waals surface area contributed by atoms with Crippen LogP contribution in [0, 0.1) is 5.92 Å². The number of hydrogen-bond acceptors (Lipinski definition) is 2. The molecule has 1 heterocycles. The molecule has 0 saturated carbocycles. The highest BCUT2D eigenvalue weighted by Crippen LogP contribution is 2.17. The molecule has 0 radical (unpaired) electrons. The first-order chi connectivity index (χ1) is 10.2. The third-order valence-corrected chi connectivity index (χ3v) is 4.37. The van der Waals surface area contributed by atoms with Gasteiger partial charge >= 0.3 is 0 Å². The summed E-state index contributed by atoms with van der Waals surface area (Å²) in [5, 5.41) is 7.15. The summed E-state index contributed by atoms with van der Waals surface area (Å²) in [7, 11) is 0. The average molecular weight is 345 g/mol. The summed E-state index contributed by atoms with van der Waals surface area (Å²) in [5.74, 6) is 0.927. The van der Waals surface area contributed by atoms with Crippen LogP contribution < -0.4 is 10.6 Å². The Bertz CT molecular complexity index is 431. The lowest BCUT2D eigenvalue weighted by atomic mass is 9.93. The zero-order chi connectivity index (χ0) is 14.9. The van der Waals surface area contributed by atoms with Crippen LogP contribution in [0.1, 0.15) is 37.7 Å². The molecule has 2 rings (SSSR count). The highest BCUT2D eigenvalue weighted by molar-refractivity contribution is 6.30. The number of hydrogen-bond donors (Lipinski definition) is 2. The van der Waals surface area contributed by atoms with E-state index in [1.54, 1.807) is 0 Å². The lowest BCUT2D eigenvalue weighted by molar-refractivity contribution is -0.121. The maximum atomic E-state index is 11.8.